The van der Waals surface area contributed by atoms with Crippen molar-refractivity contribution in [2.24, 2.45) is 0 Å². The van der Waals surface area contributed by atoms with E-state index in [-0.39, 0.29) is 4.21 Å². The van der Waals surface area contributed by atoms with Crippen LogP contribution in [0.15, 0.2) is 24.7 Å². The Balaban J connectivity index is 2.29. The third kappa shape index (κ3) is 2.91. The van der Waals surface area contributed by atoms with E-state index in [1.165, 1.54) is 11.3 Å². The summed E-state index contributed by atoms with van der Waals surface area (Å²) in [5.41, 5.74) is 1.47. The molecule has 0 aliphatic heterocycles. The van der Waals surface area contributed by atoms with E-state index in [4.69, 9.17) is 4.52 Å². The molecule has 1 atom stereocenters. The second kappa shape index (κ2) is 5.35. The second-order valence-electron chi connectivity index (χ2n) is 4.14. The van der Waals surface area contributed by atoms with E-state index in [1.807, 2.05) is 0 Å². The number of aromatic nitrogens is 1. The van der Waals surface area contributed by atoms with Gasteiger partial charge in [0.2, 0.25) is 0 Å². The summed E-state index contributed by atoms with van der Waals surface area (Å²) in [4.78, 5) is 0. The maximum atomic E-state index is 12.3. The minimum absolute atomic E-state index is 0.270. The molecule has 2 aromatic rings. The summed E-state index contributed by atoms with van der Waals surface area (Å²) < 4.78 is 33.0. The Morgan fingerprint density at radius 1 is 1.47 bits per heavy atom. The largest absolute Gasteiger partial charge is 0.361 e. The van der Waals surface area contributed by atoms with Gasteiger partial charge in [0.25, 0.3) is 10.0 Å². The third-order valence-corrected chi connectivity index (χ3v) is 6.89. The van der Waals surface area contributed by atoms with Gasteiger partial charge in [-0.15, -0.1) is 11.3 Å². The fraction of sp³-hybridized carbons (Fsp3) is 0.364. The van der Waals surface area contributed by atoms with Crippen molar-refractivity contribution in [3.05, 3.63) is 32.9 Å². The van der Waals surface area contributed by atoms with Gasteiger partial charge in [0.1, 0.15) is 9.97 Å². The second-order valence-corrected chi connectivity index (χ2v) is 7.82. The monoisotopic (exact) mass is 364 g/mol. The Hall–Kier alpha value is -0.700. The summed E-state index contributed by atoms with van der Waals surface area (Å²) in [5, 5.41) is 5.55. The Bertz CT molecular complexity index is 671. The highest BCUT2D eigenvalue weighted by Crippen LogP contribution is 2.29. The minimum Gasteiger partial charge on any atom is -0.361 e. The van der Waals surface area contributed by atoms with Crippen LogP contribution >= 0.6 is 27.3 Å². The van der Waals surface area contributed by atoms with Crippen LogP contribution in [0.3, 0.4) is 0 Å². The van der Waals surface area contributed by atoms with Crippen LogP contribution in [-0.4, -0.2) is 13.6 Å². The van der Waals surface area contributed by atoms with E-state index in [2.05, 4.69) is 25.8 Å². The molecule has 0 aromatic carbocycles. The van der Waals surface area contributed by atoms with Gasteiger partial charge in [-0.05, 0) is 48.1 Å². The number of hydrogen-bond acceptors (Lipinski definition) is 5. The molecule has 2 rings (SSSR count). The van der Waals surface area contributed by atoms with Gasteiger partial charge in [-0.1, -0.05) is 5.16 Å². The summed E-state index contributed by atoms with van der Waals surface area (Å²) in [7, 11) is -3.55. The van der Waals surface area contributed by atoms with Crippen molar-refractivity contribution in [2.45, 2.75) is 31.0 Å². The number of rotatable bonds is 4. The van der Waals surface area contributed by atoms with Crippen molar-refractivity contribution in [3.8, 4) is 0 Å². The Labute approximate surface area is 124 Å². The quantitative estimate of drug-likeness (QED) is 0.904. The van der Waals surface area contributed by atoms with E-state index in [9.17, 15) is 8.42 Å². The van der Waals surface area contributed by atoms with Crippen molar-refractivity contribution in [2.75, 3.05) is 0 Å². The minimum atomic E-state index is -3.55. The van der Waals surface area contributed by atoms with E-state index in [1.54, 1.807) is 32.2 Å². The molecule has 2 aromatic heterocycles. The van der Waals surface area contributed by atoms with Gasteiger partial charge in [0, 0.05) is 16.1 Å². The SMILES string of the molecule is Cc1noc(C)c1C(C)NS(=O)(=O)c1sccc1Br. The van der Waals surface area contributed by atoms with E-state index in [0.29, 0.717) is 15.9 Å². The average molecular weight is 365 g/mol. The number of halogens is 1. The zero-order chi connectivity index (χ0) is 14.2. The van der Waals surface area contributed by atoms with Crippen LogP contribution in [0.1, 0.15) is 30.0 Å². The van der Waals surface area contributed by atoms with Crippen LogP contribution in [-0.2, 0) is 10.0 Å². The average Bonchev–Trinajstić information content (AvgIpc) is 2.85. The number of hydrogen-bond donors (Lipinski definition) is 1. The molecular formula is C11H13BrN2O3S2. The molecule has 0 amide bonds. The van der Waals surface area contributed by atoms with Crippen LogP contribution in [0.25, 0.3) is 0 Å². The summed E-state index contributed by atoms with van der Waals surface area (Å²) in [6.45, 7) is 5.32. The summed E-state index contributed by atoms with van der Waals surface area (Å²) in [5.74, 6) is 0.623. The van der Waals surface area contributed by atoms with Crippen molar-refractivity contribution in [3.63, 3.8) is 0 Å². The number of thiophene rings is 1. The lowest BCUT2D eigenvalue weighted by Gasteiger charge is -2.13. The van der Waals surface area contributed by atoms with Gasteiger partial charge in [-0.25, -0.2) is 13.1 Å². The number of nitrogens with one attached hydrogen (secondary N) is 1. The van der Waals surface area contributed by atoms with Crippen LogP contribution in [0, 0.1) is 13.8 Å². The first-order valence-corrected chi connectivity index (χ1v) is 8.66. The van der Waals surface area contributed by atoms with Gasteiger partial charge in [-0.2, -0.15) is 0 Å². The molecule has 8 heteroatoms. The first-order valence-electron chi connectivity index (χ1n) is 5.51. The van der Waals surface area contributed by atoms with Gasteiger partial charge in [0.15, 0.2) is 0 Å². The molecule has 2 heterocycles. The first kappa shape index (κ1) is 14.7. The van der Waals surface area contributed by atoms with Crippen LogP contribution in [0.4, 0.5) is 0 Å². The maximum absolute atomic E-state index is 12.3. The normalized spacial score (nSPS) is 13.7. The highest BCUT2D eigenvalue weighted by atomic mass is 79.9. The molecule has 0 fully saturated rings. The van der Waals surface area contributed by atoms with Gasteiger partial charge in [0.05, 0.1) is 5.69 Å². The molecule has 5 nitrogen and oxygen atoms in total. The molecule has 0 spiro atoms. The predicted molar refractivity (Wildman–Crippen MR) is 76.7 cm³/mol. The number of sulfonamides is 1. The van der Waals surface area contributed by atoms with Crippen molar-refractivity contribution < 1.29 is 12.9 Å². The Kier molecular flexibility index (Phi) is 4.14. The molecule has 0 saturated heterocycles. The zero-order valence-electron chi connectivity index (χ0n) is 10.6. The molecule has 0 saturated carbocycles. The molecule has 19 heavy (non-hydrogen) atoms. The number of aryl methyl sites for hydroxylation is 2. The van der Waals surface area contributed by atoms with Gasteiger partial charge in [-0.3, -0.25) is 0 Å². The summed E-state index contributed by atoms with van der Waals surface area (Å²) in [6, 6.07) is 1.31. The number of nitrogens with zero attached hydrogens (tertiary/aromatic N) is 1. The lowest BCUT2D eigenvalue weighted by atomic mass is 10.1. The fourth-order valence-electron chi connectivity index (χ4n) is 1.93. The van der Waals surface area contributed by atoms with Crippen molar-refractivity contribution in [1.29, 1.82) is 0 Å². The lowest BCUT2D eigenvalue weighted by Crippen LogP contribution is -2.27. The van der Waals surface area contributed by atoms with Gasteiger partial charge >= 0.3 is 0 Å². The zero-order valence-corrected chi connectivity index (χ0v) is 13.8. The molecule has 104 valence electrons. The summed E-state index contributed by atoms with van der Waals surface area (Å²) in [6.07, 6.45) is 0. The third-order valence-electron chi connectivity index (χ3n) is 2.68. The van der Waals surface area contributed by atoms with Gasteiger partial charge < -0.3 is 4.52 Å². The highest BCUT2D eigenvalue weighted by molar-refractivity contribution is 9.10. The predicted octanol–water partition coefficient (Wildman–Crippen LogP) is 3.15. The Morgan fingerprint density at radius 2 is 2.16 bits per heavy atom. The standard InChI is InChI=1S/C11H13BrN2O3S2/c1-6-10(8(3)17-13-6)7(2)14-19(15,16)11-9(12)4-5-18-11/h4-5,7,14H,1-3H3. The van der Waals surface area contributed by atoms with Crippen LogP contribution in [0.5, 0.6) is 0 Å². The molecular weight excluding hydrogens is 352 g/mol. The molecule has 0 aliphatic rings. The molecule has 0 radical (unpaired) electrons. The van der Waals surface area contributed by atoms with Crippen molar-refractivity contribution >= 4 is 37.3 Å². The fourth-order valence-corrected chi connectivity index (χ4v) is 5.49. The molecule has 1 N–H and O–H groups in total. The van der Waals surface area contributed by atoms with E-state index >= 15 is 0 Å². The van der Waals surface area contributed by atoms with E-state index < -0.39 is 16.1 Å². The van der Waals surface area contributed by atoms with Crippen molar-refractivity contribution in [1.82, 2.24) is 9.88 Å². The van der Waals surface area contributed by atoms with E-state index in [0.717, 1.165) is 5.56 Å². The van der Waals surface area contributed by atoms with Crippen LogP contribution in [0.2, 0.25) is 0 Å². The highest BCUT2D eigenvalue weighted by Gasteiger charge is 2.25. The van der Waals surface area contributed by atoms with Crippen LogP contribution < -0.4 is 4.72 Å². The first-order chi connectivity index (χ1) is 8.83. The lowest BCUT2D eigenvalue weighted by molar-refractivity contribution is 0.391. The smallest absolute Gasteiger partial charge is 0.251 e. The topological polar surface area (TPSA) is 72.2 Å². The maximum Gasteiger partial charge on any atom is 0.251 e. The molecule has 0 aliphatic carbocycles. The Morgan fingerprint density at radius 3 is 2.63 bits per heavy atom. The summed E-state index contributed by atoms with van der Waals surface area (Å²) >= 11 is 4.40. The molecule has 0 bridgehead atoms. The molecule has 1 unspecified atom stereocenters.